The van der Waals surface area contributed by atoms with Gasteiger partial charge >= 0.3 is 0 Å². The molecule has 0 aliphatic carbocycles. The maximum atomic E-state index is 13.1. The Balaban J connectivity index is 1.66. The first kappa shape index (κ1) is 18.1. The molecule has 3 heterocycles. The van der Waals surface area contributed by atoms with Gasteiger partial charge < -0.3 is 15.1 Å². The van der Waals surface area contributed by atoms with Gasteiger partial charge in [-0.2, -0.15) is 10.2 Å². The van der Waals surface area contributed by atoms with E-state index >= 15 is 0 Å². The van der Waals surface area contributed by atoms with Gasteiger partial charge in [-0.15, -0.1) is 0 Å². The largest absolute Gasteiger partial charge is 0.340 e. The Kier molecular flexibility index (Phi) is 5.36. The molecule has 0 aromatic carbocycles. The van der Waals surface area contributed by atoms with Crippen LogP contribution in [-0.2, 0) is 22.7 Å². The number of hydrogen-bond donors (Lipinski definition) is 3. The second kappa shape index (κ2) is 7.69. The first-order chi connectivity index (χ1) is 12.5. The standard InChI is InChI=1S/C17H25N7O2/c1-23(10-13-3-6-19-21-13)15(25)9-17(5-8-18-12-17)16(26)24(2)11-14-4-7-20-22-14/h3-4,6-7,18H,5,8-12H2,1-2H3,(H,19,21)(H,20,22). The quantitative estimate of drug-likeness (QED) is 0.650. The number of aromatic nitrogens is 4. The second-order valence-corrected chi connectivity index (χ2v) is 6.96. The highest BCUT2D eigenvalue weighted by Gasteiger charge is 2.45. The minimum atomic E-state index is -0.700. The summed E-state index contributed by atoms with van der Waals surface area (Å²) in [6.07, 6.45) is 4.16. The Morgan fingerprint density at radius 3 is 2.19 bits per heavy atom. The zero-order chi connectivity index (χ0) is 18.6. The van der Waals surface area contributed by atoms with E-state index < -0.39 is 5.41 Å². The number of nitrogens with zero attached hydrogens (tertiary/aromatic N) is 4. The van der Waals surface area contributed by atoms with Crippen molar-refractivity contribution in [2.45, 2.75) is 25.9 Å². The summed E-state index contributed by atoms with van der Waals surface area (Å²) in [6.45, 7) is 2.14. The van der Waals surface area contributed by atoms with Gasteiger partial charge in [0.25, 0.3) is 0 Å². The lowest BCUT2D eigenvalue weighted by Crippen LogP contribution is -2.46. The third-order valence-electron chi connectivity index (χ3n) is 4.89. The summed E-state index contributed by atoms with van der Waals surface area (Å²) >= 11 is 0. The lowest BCUT2D eigenvalue weighted by Gasteiger charge is -2.32. The molecular formula is C17H25N7O2. The van der Waals surface area contributed by atoms with Gasteiger partial charge in [0.1, 0.15) is 0 Å². The predicted octanol–water partition coefficient (Wildman–Crippen LogP) is 0.120. The van der Waals surface area contributed by atoms with E-state index in [-0.39, 0.29) is 18.2 Å². The van der Waals surface area contributed by atoms with E-state index in [1.54, 1.807) is 36.3 Å². The molecule has 0 spiro atoms. The van der Waals surface area contributed by atoms with Crippen molar-refractivity contribution >= 4 is 11.8 Å². The number of carbonyl (C=O) groups is 2. The highest BCUT2D eigenvalue weighted by molar-refractivity contribution is 5.89. The highest BCUT2D eigenvalue weighted by atomic mass is 16.2. The van der Waals surface area contributed by atoms with Gasteiger partial charge in [-0.1, -0.05) is 0 Å². The molecule has 1 atom stereocenters. The van der Waals surface area contributed by atoms with Gasteiger partial charge in [0.2, 0.25) is 11.8 Å². The lowest BCUT2D eigenvalue weighted by molar-refractivity contribution is -0.146. The average Bonchev–Trinajstić information content (AvgIpc) is 3.37. The van der Waals surface area contributed by atoms with Crippen molar-refractivity contribution in [3.05, 3.63) is 35.9 Å². The minimum Gasteiger partial charge on any atom is -0.340 e. The molecule has 0 saturated carbocycles. The van der Waals surface area contributed by atoms with Crippen LogP contribution in [0.1, 0.15) is 24.2 Å². The molecule has 1 aliphatic heterocycles. The summed E-state index contributed by atoms with van der Waals surface area (Å²) in [4.78, 5) is 29.2. The third-order valence-corrected chi connectivity index (χ3v) is 4.89. The maximum absolute atomic E-state index is 13.1. The van der Waals surface area contributed by atoms with Crippen LogP contribution in [0.5, 0.6) is 0 Å². The predicted molar refractivity (Wildman–Crippen MR) is 94.7 cm³/mol. The van der Waals surface area contributed by atoms with Gasteiger partial charge in [-0.3, -0.25) is 19.8 Å². The van der Waals surface area contributed by atoms with Gasteiger partial charge in [0.15, 0.2) is 0 Å². The van der Waals surface area contributed by atoms with Crippen LogP contribution in [0.2, 0.25) is 0 Å². The molecule has 0 radical (unpaired) electrons. The molecular weight excluding hydrogens is 334 g/mol. The second-order valence-electron chi connectivity index (χ2n) is 6.96. The molecule has 9 heteroatoms. The SMILES string of the molecule is CN(Cc1ccn[nH]1)C(=O)CC1(C(=O)N(C)Cc2ccn[nH]2)CCNC1. The molecule has 1 saturated heterocycles. The molecule has 9 nitrogen and oxygen atoms in total. The monoisotopic (exact) mass is 359 g/mol. The Morgan fingerprint density at radius 2 is 1.69 bits per heavy atom. The molecule has 1 fully saturated rings. The van der Waals surface area contributed by atoms with Crippen molar-refractivity contribution in [1.29, 1.82) is 0 Å². The van der Waals surface area contributed by atoms with E-state index in [0.29, 0.717) is 26.1 Å². The van der Waals surface area contributed by atoms with Crippen LogP contribution in [0.25, 0.3) is 0 Å². The van der Waals surface area contributed by atoms with Gasteiger partial charge in [0, 0.05) is 39.5 Å². The van der Waals surface area contributed by atoms with E-state index in [2.05, 4.69) is 25.7 Å². The molecule has 3 rings (SSSR count). The number of carbonyl (C=O) groups excluding carboxylic acids is 2. The average molecular weight is 359 g/mol. The summed E-state index contributed by atoms with van der Waals surface area (Å²) in [5.74, 6) is -0.0630. The number of rotatable bonds is 7. The molecule has 2 aromatic rings. The molecule has 1 aliphatic rings. The number of amides is 2. The molecule has 3 N–H and O–H groups in total. The lowest BCUT2D eigenvalue weighted by atomic mass is 9.81. The van der Waals surface area contributed by atoms with Crippen molar-refractivity contribution in [2.75, 3.05) is 27.2 Å². The van der Waals surface area contributed by atoms with Crippen LogP contribution in [0.15, 0.2) is 24.5 Å². The zero-order valence-corrected chi connectivity index (χ0v) is 15.2. The summed E-state index contributed by atoms with van der Waals surface area (Å²) < 4.78 is 0. The Morgan fingerprint density at radius 1 is 1.08 bits per heavy atom. The summed E-state index contributed by atoms with van der Waals surface area (Å²) in [5, 5.41) is 16.8. The van der Waals surface area contributed by atoms with Crippen LogP contribution in [0.3, 0.4) is 0 Å². The van der Waals surface area contributed by atoms with Crippen molar-refractivity contribution in [1.82, 2.24) is 35.5 Å². The van der Waals surface area contributed by atoms with E-state index in [0.717, 1.165) is 17.9 Å². The molecule has 2 aromatic heterocycles. The van der Waals surface area contributed by atoms with Crippen molar-refractivity contribution in [3.8, 4) is 0 Å². The van der Waals surface area contributed by atoms with E-state index in [4.69, 9.17) is 0 Å². The molecule has 26 heavy (non-hydrogen) atoms. The highest BCUT2D eigenvalue weighted by Crippen LogP contribution is 2.33. The maximum Gasteiger partial charge on any atom is 0.230 e. The fraction of sp³-hybridized carbons (Fsp3) is 0.529. The minimum absolute atomic E-state index is 0.0135. The first-order valence-electron chi connectivity index (χ1n) is 8.67. The van der Waals surface area contributed by atoms with E-state index in [1.165, 1.54) is 0 Å². The zero-order valence-electron chi connectivity index (χ0n) is 15.2. The molecule has 1 unspecified atom stereocenters. The molecule has 0 bridgehead atoms. The van der Waals surface area contributed by atoms with Gasteiger partial charge in [-0.05, 0) is 25.1 Å². The van der Waals surface area contributed by atoms with Gasteiger partial charge in [0.05, 0.1) is 29.9 Å². The molecule has 140 valence electrons. The molecule has 2 amide bonds. The van der Waals surface area contributed by atoms with Crippen LogP contribution >= 0.6 is 0 Å². The first-order valence-corrected chi connectivity index (χ1v) is 8.67. The topological polar surface area (TPSA) is 110 Å². The number of aromatic amines is 2. The van der Waals surface area contributed by atoms with Crippen LogP contribution < -0.4 is 5.32 Å². The van der Waals surface area contributed by atoms with Crippen molar-refractivity contribution in [3.63, 3.8) is 0 Å². The summed E-state index contributed by atoms with van der Waals surface area (Å²) in [5.41, 5.74) is 1.03. The Hall–Kier alpha value is -2.68. The number of H-pyrrole nitrogens is 2. The number of nitrogens with one attached hydrogen (secondary N) is 3. The van der Waals surface area contributed by atoms with Crippen LogP contribution in [0, 0.1) is 5.41 Å². The summed E-state index contributed by atoms with van der Waals surface area (Å²) in [6, 6.07) is 3.67. The van der Waals surface area contributed by atoms with E-state index in [9.17, 15) is 9.59 Å². The fourth-order valence-corrected chi connectivity index (χ4v) is 3.40. The Labute approximate surface area is 152 Å². The number of hydrogen-bond acceptors (Lipinski definition) is 5. The van der Waals surface area contributed by atoms with Crippen molar-refractivity contribution < 1.29 is 9.59 Å². The van der Waals surface area contributed by atoms with Crippen LogP contribution in [-0.4, -0.2) is 69.2 Å². The summed E-state index contributed by atoms with van der Waals surface area (Å²) in [7, 11) is 3.51. The fourth-order valence-electron chi connectivity index (χ4n) is 3.40. The Bertz CT molecular complexity index is 720. The van der Waals surface area contributed by atoms with E-state index in [1.807, 2.05) is 12.1 Å². The van der Waals surface area contributed by atoms with Crippen LogP contribution in [0.4, 0.5) is 0 Å². The normalized spacial score (nSPS) is 19.5. The van der Waals surface area contributed by atoms with Gasteiger partial charge in [-0.25, -0.2) is 0 Å². The smallest absolute Gasteiger partial charge is 0.230 e. The van der Waals surface area contributed by atoms with Crippen molar-refractivity contribution in [2.24, 2.45) is 5.41 Å². The third kappa shape index (κ3) is 3.93.